The molecule has 0 heterocycles. The predicted molar refractivity (Wildman–Crippen MR) is 61.6 cm³/mol. The summed E-state index contributed by atoms with van der Waals surface area (Å²) in [6.07, 6.45) is 5.16. The van der Waals surface area contributed by atoms with E-state index in [0.29, 0.717) is 12.2 Å². The van der Waals surface area contributed by atoms with Gasteiger partial charge in [0.05, 0.1) is 25.2 Å². The van der Waals surface area contributed by atoms with Crippen molar-refractivity contribution in [1.29, 1.82) is 0 Å². The van der Waals surface area contributed by atoms with E-state index in [1.165, 1.54) is 7.11 Å². The Balaban J connectivity index is 2.77. The molecule has 3 heteroatoms. The molecule has 0 saturated carbocycles. The molecule has 0 saturated heterocycles. The van der Waals surface area contributed by atoms with Gasteiger partial charge in [0.25, 0.3) is 0 Å². The minimum absolute atomic E-state index is 0.0956. The summed E-state index contributed by atoms with van der Waals surface area (Å²) in [7, 11) is 1.37. The molecule has 86 valence electrons. The molecule has 0 fully saturated rings. The Kier molecular flexibility index (Phi) is 4.65. The lowest BCUT2D eigenvalue weighted by atomic mass is 9.89. The highest BCUT2D eigenvalue weighted by atomic mass is 16.5. The summed E-state index contributed by atoms with van der Waals surface area (Å²) in [5.74, 6) is 5.85. The molecule has 0 aliphatic heterocycles. The van der Waals surface area contributed by atoms with Crippen LogP contribution in [0.25, 0.3) is 0 Å². The highest BCUT2D eigenvalue weighted by Crippen LogP contribution is 2.25. The van der Waals surface area contributed by atoms with Gasteiger partial charge in [-0.1, -0.05) is 17.6 Å². The molecule has 1 N–H and O–H groups in total. The fourth-order valence-corrected chi connectivity index (χ4v) is 1.63. The average Bonchev–Trinajstić information content (AvgIpc) is 2.29. The number of methoxy groups -OCH3 is 1. The standard InChI is InChI=1S/C13H16O3/c1-3-4-11(9-13(15)16-2)10-5-7-12(14)8-6-10/h5,7,11,14H,6,8-9H2,1-2H3. The second-order valence-electron chi connectivity index (χ2n) is 3.63. The zero-order valence-electron chi connectivity index (χ0n) is 9.62. The van der Waals surface area contributed by atoms with Gasteiger partial charge >= 0.3 is 5.97 Å². The molecule has 1 aliphatic rings. The number of esters is 1. The number of rotatable bonds is 3. The van der Waals surface area contributed by atoms with E-state index in [2.05, 4.69) is 16.6 Å². The Morgan fingerprint density at radius 2 is 2.31 bits per heavy atom. The third kappa shape index (κ3) is 3.47. The van der Waals surface area contributed by atoms with Gasteiger partial charge in [-0.05, 0) is 19.4 Å². The molecule has 0 spiro atoms. The van der Waals surface area contributed by atoms with E-state index in [0.717, 1.165) is 12.0 Å². The van der Waals surface area contributed by atoms with Gasteiger partial charge < -0.3 is 9.84 Å². The topological polar surface area (TPSA) is 46.5 Å². The van der Waals surface area contributed by atoms with Gasteiger partial charge in [-0.2, -0.15) is 0 Å². The molecule has 1 aliphatic carbocycles. The molecule has 3 nitrogen and oxygen atoms in total. The maximum absolute atomic E-state index is 11.2. The third-order valence-electron chi connectivity index (χ3n) is 2.52. The van der Waals surface area contributed by atoms with E-state index in [1.54, 1.807) is 13.0 Å². The molecule has 0 aromatic heterocycles. The van der Waals surface area contributed by atoms with Gasteiger partial charge in [-0.25, -0.2) is 0 Å². The summed E-state index contributed by atoms with van der Waals surface area (Å²) in [5.41, 5.74) is 1.08. The van der Waals surface area contributed by atoms with Crippen LogP contribution in [-0.4, -0.2) is 18.2 Å². The van der Waals surface area contributed by atoms with Crippen LogP contribution in [0.15, 0.2) is 23.5 Å². The Morgan fingerprint density at radius 3 is 2.81 bits per heavy atom. The summed E-state index contributed by atoms with van der Waals surface area (Å²) in [5, 5.41) is 9.26. The van der Waals surface area contributed by atoms with Crippen molar-refractivity contribution < 1.29 is 14.6 Å². The van der Waals surface area contributed by atoms with Gasteiger partial charge in [0.2, 0.25) is 0 Å². The third-order valence-corrected chi connectivity index (χ3v) is 2.52. The van der Waals surface area contributed by atoms with Crippen LogP contribution in [0.2, 0.25) is 0 Å². The van der Waals surface area contributed by atoms with Gasteiger partial charge in [0, 0.05) is 6.42 Å². The second kappa shape index (κ2) is 6.02. The van der Waals surface area contributed by atoms with Crippen LogP contribution in [0.3, 0.4) is 0 Å². The monoisotopic (exact) mass is 220 g/mol. The van der Waals surface area contributed by atoms with E-state index >= 15 is 0 Å². The van der Waals surface area contributed by atoms with Crippen LogP contribution in [0.4, 0.5) is 0 Å². The van der Waals surface area contributed by atoms with Crippen LogP contribution in [0, 0.1) is 17.8 Å². The SMILES string of the molecule is CC#CC(CC(=O)OC)C1=CC=C(O)CC1. The number of hydrogen-bond acceptors (Lipinski definition) is 3. The summed E-state index contributed by atoms with van der Waals surface area (Å²) >= 11 is 0. The van der Waals surface area contributed by atoms with E-state index in [-0.39, 0.29) is 18.3 Å². The first-order valence-corrected chi connectivity index (χ1v) is 5.25. The molecule has 1 atom stereocenters. The largest absolute Gasteiger partial charge is 0.512 e. The molecule has 0 bridgehead atoms. The first-order valence-electron chi connectivity index (χ1n) is 5.25. The molecule has 1 rings (SSSR count). The van der Waals surface area contributed by atoms with Crippen LogP contribution in [0.1, 0.15) is 26.2 Å². The van der Waals surface area contributed by atoms with Crippen molar-refractivity contribution in [2.24, 2.45) is 5.92 Å². The van der Waals surface area contributed by atoms with Gasteiger partial charge in [0.15, 0.2) is 0 Å². The van der Waals surface area contributed by atoms with Crippen LogP contribution in [0.5, 0.6) is 0 Å². The Bertz CT molecular complexity index is 380. The minimum Gasteiger partial charge on any atom is -0.512 e. The van der Waals surface area contributed by atoms with Crippen LogP contribution >= 0.6 is 0 Å². The van der Waals surface area contributed by atoms with E-state index in [1.807, 2.05) is 6.08 Å². The summed E-state index contributed by atoms with van der Waals surface area (Å²) in [4.78, 5) is 11.2. The second-order valence-corrected chi connectivity index (χ2v) is 3.63. The molecular formula is C13H16O3. The van der Waals surface area contributed by atoms with Crippen molar-refractivity contribution in [3.63, 3.8) is 0 Å². The Morgan fingerprint density at radius 1 is 1.56 bits per heavy atom. The molecule has 0 aromatic carbocycles. The summed E-state index contributed by atoms with van der Waals surface area (Å²) in [6.45, 7) is 1.75. The number of hydrogen-bond donors (Lipinski definition) is 1. The normalized spacial score (nSPS) is 16.4. The molecule has 16 heavy (non-hydrogen) atoms. The molecule has 0 aromatic rings. The zero-order chi connectivity index (χ0) is 12.0. The highest BCUT2D eigenvalue weighted by Gasteiger charge is 2.18. The number of aliphatic hydroxyl groups is 1. The van der Waals surface area contributed by atoms with Crippen molar-refractivity contribution in [3.05, 3.63) is 23.5 Å². The molecule has 1 unspecified atom stereocenters. The van der Waals surface area contributed by atoms with Crippen molar-refractivity contribution in [3.8, 4) is 11.8 Å². The van der Waals surface area contributed by atoms with Crippen molar-refractivity contribution in [2.75, 3.05) is 7.11 Å². The van der Waals surface area contributed by atoms with Crippen molar-refractivity contribution in [1.82, 2.24) is 0 Å². The maximum atomic E-state index is 11.2. The summed E-state index contributed by atoms with van der Waals surface area (Å²) in [6, 6.07) is 0. The van der Waals surface area contributed by atoms with E-state index < -0.39 is 0 Å². The predicted octanol–water partition coefficient (Wildman–Crippen LogP) is 2.35. The van der Waals surface area contributed by atoms with E-state index in [4.69, 9.17) is 0 Å². The lowest BCUT2D eigenvalue weighted by Crippen LogP contribution is -2.12. The van der Waals surface area contributed by atoms with Gasteiger partial charge in [-0.3, -0.25) is 4.79 Å². The molecular weight excluding hydrogens is 204 g/mol. The molecule has 0 radical (unpaired) electrons. The summed E-state index contributed by atoms with van der Waals surface area (Å²) < 4.78 is 4.64. The first-order chi connectivity index (χ1) is 7.67. The van der Waals surface area contributed by atoms with E-state index in [9.17, 15) is 9.90 Å². The highest BCUT2D eigenvalue weighted by molar-refractivity contribution is 5.70. The number of ether oxygens (including phenoxy) is 1. The zero-order valence-corrected chi connectivity index (χ0v) is 9.62. The lowest BCUT2D eigenvalue weighted by molar-refractivity contribution is -0.141. The maximum Gasteiger partial charge on any atom is 0.307 e. The number of allylic oxidation sites excluding steroid dienone is 4. The molecule has 0 amide bonds. The average molecular weight is 220 g/mol. The van der Waals surface area contributed by atoms with Crippen molar-refractivity contribution in [2.45, 2.75) is 26.2 Å². The quantitative estimate of drug-likeness (QED) is 0.586. The van der Waals surface area contributed by atoms with Crippen LogP contribution < -0.4 is 0 Å². The fourth-order valence-electron chi connectivity index (χ4n) is 1.63. The number of carbonyl (C=O) groups excluding carboxylic acids is 1. The number of carbonyl (C=O) groups is 1. The number of aliphatic hydroxyl groups excluding tert-OH is 1. The Hall–Kier alpha value is -1.69. The van der Waals surface area contributed by atoms with Gasteiger partial charge in [0.1, 0.15) is 0 Å². The minimum atomic E-state index is -0.257. The smallest absolute Gasteiger partial charge is 0.307 e. The first kappa shape index (κ1) is 12.4. The van der Waals surface area contributed by atoms with Crippen molar-refractivity contribution >= 4 is 5.97 Å². The van der Waals surface area contributed by atoms with Crippen LogP contribution in [-0.2, 0) is 9.53 Å². The fraction of sp³-hybridized carbons (Fsp3) is 0.462. The lowest BCUT2D eigenvalue weighted by Gasteiger charge is -2.16. The van der Waals surface area contributed by atoms with Gasteiger partial charge in [-0.15, -0.1) is 5.92 Å². The Labute approximate surface area is 95.8 Å².